The molecule has 702 valence electrons. The van der Waals surface area contributed by atoms with Crippen molar-refractivity contribution in [1.82, 2.24) is 98.9 Å². The van der Waals surface area contributed by atoms with Crippen LogP contribution in [0, 0.1) is 36.0 Å². The molecule has 46 heteroatoms. The van der Waals surface area contributed by atoms with Crippen molar-refractivity contribution in [2.45, 2.75) is 50.2 Å². The Bertz CT molecular complexity index is 6560. The van der Waals surface area contributed by atoms with Gasteiger partial charge >= 0.3 is 0 Å². The van der Waals surface area contributed by atoms with Gasteiger partial charge in [-0.05, 0) is 141 Å². The summed E-state index contributed by atoms with van der Waals surface area (Å²) in [5.74, 6) is 3.49. The van der Waals surface area contributed by atoms with Crippen molar-refractivity contribution in [1.29, 1.82) is 0 Å². The van der Waals surface area contributed by atoms with Crippen LogP contribution in [0.5, 0.6) is 0 Å². The minimum Gasteiger partial charge on any atom is -0.378 e. The Morgan fingerprint density at radius 2 is 0.676 bits per heavy atom. The number of hydrogen-bond acceptors (Lipinski definition) is 37. The number of benzene rings is 7. The molecule has 20 rings (SSSR count). The zero-order chi connectivity index (χ0) is 93.8. The van der Waals surface area contributed by atoms with Gasteiger partial charge < -0.3 is 104 Å². The Hall–Kier alpha value is -15.9. The van der Waals surface area contributed by atoms with Crippen LogP contribution in [-0.2, 0) is 18.9 Å². The summed E-state index contributed by atoms with van der Waals surface area (Å²) in [6, 6.07) is 52.5. The smallest absolute Gasteiger partial charge is 0.248 e. The van der Waals surface area contributed by atoms with E-state index in [1.807, 2.05) is 91.2 Å². The number of morpholine rings is 4. The van der Waals surface area contributed by atoms with E-state index in [2.05, 4.69) is 142 Å². The van der Waals surface area contributed by atoms with E-state index >= 15 is 0 Å². The van der Waals surface area contributed by atoms with Crippen molar-refractivity contribution in [2.24, 2.45) is 0 Å². The Kier molecular flexibility index (Phi) is 29.5. The predicted molar refractivity (Wildman–Crippen MR) is 512 cm³/mol. The molecule has 15 aromatic rings. The number of aromatic nitrogens is 20. The molecule has 8 aromatic heterocycles. The van der Waals surface area contributed by atoms with Crippen LogP contribution in [-0.4, -0.2) is 216 Å². The van der Waals surface area contributed by atoms with E-state index in [0.29, 0.717) is 129 Å². The maximum atomic E-state index is 14.8. The molecule has 0 spiro atoms. The number of thioether (sulfide) groups is 1. The molecule has 1 aliphatic carbocycles. The third-order valence-corrected chi connectivity index (χ3v) is 22.4. The third kappa shape index (κ3) is 23.9. The SMILES string of the molecule is CSc1nc(Nc2ccccc2)cc(-n2nc(Nc3ccc(N4CCOCC4)cc3F)nc2N)n1.Cc1nc(Nc2ccccc2)cc(-n2nc(Nc3ccc(N4CCOCC4)cc3F)nc2N)n1.Nc1nc(Nc2ccc(N3CCOCC3)cc2F)nn1-c1cc(NC2CCCCC2)ncn1.Nc1nc(Nc2ccc(N3CCOCC3)cc2F)nn1-c1cc(Nc2cccc(F)c2)ncn1. The van der Waals surface area contributed by atoms with Gasteiger partial charge in [-0.2, -0.15) is 38.7 Å². The van der Waals surface area contributed by atoms with Gasteiger partial charge in [0.05, 0.1) is 75.6 Å². The second-order valence-electron chi connectivity index (χ2n) is 31.3. The first-order valence-corrected chi connectivity index (χ1v) is 44.9. The third-order valence-electron chi connectivity index (χ3n) is 21.8. The maximum Gasteiger partial charge on any atom is 0.248 e. The van der Waals surface area contributed by atoms with E-state index in [4.69, 9.17) is 41.9 Å². The van der Waals surface area contributed by atoms with Gasteiger partial charge in [0.25, 0.3) is 0 Å². The average molecular weight is 1870 g/mol. The fourth-order valence-electron chi connectivity index (χ4n) is 15.1. The van der Waals surface area contributed by atoms with Crippen molar-refractivity contribution >= 4 is 145 Å². The molecule has 1 saturated carbocycles. The standard InChI is InChI=1S/C23H24FN9OS.C23H24FN9O.C22H21F2N9O.C22H28FN9O/c1-35-23-28-19(26-15-5-3-2-4-6-15)14-20(29-23)33-21(25)30-22(31-33)27-18-8-7-16(13-17(18)24)32-9-11-34-12-10-32;1-15-26-20(28-16-5-3-2-4-6-16)14-21(27-15)33-22(25)30-23(31-33)29-19-8-7-17(13-18(19)24)32-9-11-34-12-10-32;23-14-2-1-3-15(10-14)28-19-12-20(27-13-26-19)33-21(25)30-22(31-33)29-18-5-4-16(11-17(18)24)32-6-8-34-9-7-32;23-17-12-16(31-8-10-33-11-9-31)6-7-18(17)28-22-29-21(24)32(30-22)20-13-19(25-14-26-20)27-15-4-2-1-3-5-15/h2-8,13-14H,9-12H2,1H3,(H,26,28,29)(H3,25,27,30,31);2-8,13-14H,9-12H2,1H3,(H,26,27,28)(H3,25,29,30,31);1-5,10-13H,6-9H2,(H,26,27,28)(H3,25,29,30,31);6-7,12-15H,1-5,8-11H2,(H,25,26,27)(H3,24,28,29,30). The molecule has 0 amide bonds. The summed E-state index contributed by atoms with van der Waals surface area (Å²) in [7, 11) is 0. The van der Waals surface area contributed by atoms with Crippen molar-refractivity contribution in [3.8, 4) is 23.3 Å². The summed E-state index contributed by atoms with van der Waals surface area (Å²) in [5, 5.41) is 42.5. The highest BCUT2D eigenvalue weighted by Gasteiger charge is 2.25. The van der Waals surface area contributed by atoms with Crippen molar-refractivity contribution in [3.05, 3.63) is 230 Å². The number of ether oxygens (including phenoxy) is 4. The highest BCUT2D eigenvalue weighted by atomic mass is 32.2. The zero-order valence-electron chi connectivity index (χ0n) is 73.9. The zero-order valence-corrected chi connectivity index (χ0v) is 74.7. The van der Waals surface area contributed by atoms with Crippen molar-refractivity contribution in [2.75, 3.05) is 197 Å². The minimum atomic E-state index is -0.442. The highest BCUT2D eigenvalue weighted by Crippen LogP contribution is 2.34. The molecule has 5 fully saturated rings. The number of hydrogen-bond donors (Lipinski definition) is 12. The fourth-order valence-corrected chi connectivity index (χ4v) is 15.5. The predicted octanol–water partition coefficient (Wildman–Crippen LogP) is 13.6. The molecule has 16 N–H and O–H groups in total. The molecule has 40 nitrogen and oxygen atoms in total. The monoisotopic (exact) mass is 1870 g/mol. The van der Waals surface area contributed by atoms with Gasteiger partial charge in [0.15, 0.2) is 28.4 Å². The number of nitrogens with zero attached hydrogens (tertiary/aromatic N) is 24. The van der Waals surface area contributed by atoms with Gasteiger partial charge in [-0.3, -0.25) is 0 Å². The van der Waals surface area contributed by atoms with Crippen LogP contribution in [0.25, 0.3) is 23.3 Å². The lowest BCUT2D eigenvalue weighted by atomic mass is 9.95. The van der Waals surface area contributed by atoms with Crippen LogP contribution in [0.3, 0.4) is 0 Å². The van der Waals surface area contributed by atoms with E-state index in [9.17, 15) is 22.0 Å². The highest BCUT2D eigenvalue weighted by molar-refractivity contribution is 7.98. The Morgan fingerprint density at radius 3 is 1.06 bits per heavy atom. The van der Waals surface area contributed by atoms with Gasteiger partial charge in [0.1, 0.15) is 70.8 Å². The molecule has 0 bridgehead atoms. The number of anilines is 23. The van der Waals surface area contributed by atoms with Crippen molar-refractivity contribution < 1.29 is 40.9 Å². The molecule has 4 aliphatic heterocycles. The molecule has 4 saturated heterocycles. The summed E-state index contributed by atoms with van der Waals surface area (Å²) < 4.78 is 99.5. The van der Waals surface area contributed by atoms with Crippen LogP contribution >= 0.6 is 11.8 Å². The molecule has 136 heavy (non-hydrogen) atoms. The van der Waals surface area contributed by atoms with Crippen molar-refractivity contribution in [3.63, 3.8) is 0 Å². The van der Waals surface area contributed by atoms with Gasteiger partial charge in [0.2, 0.25) is 47.6 Å². The molecular formula is C90H97F5N36O4S. The van der Waals surface area contributed by atoms with Crippen LogP contribution in [0.15, 0.2) is 200 Å². The number of aryl methyl sites for hydroxylation is 1. The lowest BCUT2D eigenvalue weighted by molar-refractivity contribution is 0.122. The minimum absolute atomic E-state index is 0.0447. The van der Waals surface area contributed by atoms with Crippen LogP contribution in [0.2, 0.25) is 0 Å². The van der Waals surface area contributed by atoms with Gasteiger partial charge in [-0.15, -0.1) is 20.4 Å². The normalized spacial score (nSPS) is 14.5. The number of para-hydroxylation sites is 2. The summed E-state index contributed by atoms with van der Waals surface area (Å²) >= 11 is 1.39. The summed E-state index contributed by atoms with van der Waals surface area (Å²) in [4.78, 5) is 59.9. The number of nitrogens with two attached hydrogens (primary N) is 4. The molecule has 0 unspecified atom stereocenters. The largest absolute Gasteiger partial charge is 0.378 e. The van der Waals surface area contributed by atoms with E-state index < -0.39 is 23.3 Å². The van der Waals surface area contributed by atoms with E-state index in [0.717, 1.165) is 92.1 Å². The summed E-state index contributed by atoms with van der Waals surface area (Å²) in [6.07, 6.45) is 10.7. The average Bonchev–Trinajstić information content (AvgIpc) is 1.65. The van der Waals surface area contributed by atoms with Crippen LogP contribution in [0.4, 0.5) is 155 Å². The lowest BCUT2D eigenvalue weighted by Crippen LogP contribution is -2.36. The van der Waals surface area contributed by atoms with Crippen LogP contribution in [0.1, 0.15) is 37.9 Å². The molecular weight excluding hydrogens is 1780 g/mol. The molecule has 12 heterocycles. The fraction of sp³-hybridized carbons (Fsp3) is 0.267. The molecule has 0 atom stereocenters. The van der Waals surface area contributed by atoms with Gasteiger partial charge in [-0.25, -0.2) is 61.8 Å². The number of nitrogen functional groups attached to an aromatic ring is 4. The Balaban J connectivity index is 0.000000126. The first-order valence-electron chi connectivity index (χ1n) is 43.7. The topological polar surface area (TPSA) is 476 Å². The maximum absolute atomic E-state index is 14.8. The quantitative estimate of drug-likeness (QED) is 0.0144. The molecule has 5 aliphatic rings. The Morgan fingerprint density at radius 1 is 0.331 bits per heavy atom. The first kappa shape index (κ1) is 91.9. The Labute approximate surface area is 780 Å². The van der Waals surface area contributed by atoms with E-state index in [1.165, 1.54) is 98.8 Å². The van der Waals surface area contributed by atoms with Gasteiger partial charge in [-0.1, -0.05) is 73.5 Å². The van der Waals surface area contributed by atoms with E-state index in [-0.39, 0.29) is 76.2 Å². The van der Waals surface area contributed by atoms with Gasteiger partial charge in [0, 0.05) is 122 Å². The van der Waals surface area contributed by atoms with Crippen LogP contribution < -0.4 is 85.1 Å². The van der Waals surface area contributed by atoms with E-state index in [1.54, 1.807) is 67.6 Å². The molecule has 0 radical (unpaired) electrons. The first-order chi connectivity index (χ1) is 66.3. The number of halogens is 5. The second kappa shape index (κ2) is 43.6. The summed E-state index contributed by atoms with van der Waals surface area (Å²) in [6.45, 7) is 12.6. The summed E-state index contributed by atoms with van der Waals surface area (Å²) in [5.41, 5.74) is 30.8. The second-order valence-corrected chi connectivity index (χ2v) is 32.0. The molecule has 7 aromatic carbocycles. The number of rotatable bonds is 25. The lowest BCUT2D eigenvalue weighted by Gasteiger charge is -2.29. The number of nitrogens with one attached hydrogen (secondary N) is 8.